The second-order valence-electron chi connectivity index (χ2n) is 7.00. The Morgan fingerprint density at radius 3 is 2.52 bits per heavy atom. The fraction of sp³-hybridized carbons (Fsp3) is 0.167. The summed E-state index contributed by atoms with van der Waals surface area (Å²) in [7, 11) is 0. The standard InChI is InChI=1S/C24H23N5O2/c1-2-28(19-10-4-3-5-11-19)23(30)17-29-21-13-7-6-12-20(21)27-22(29)16-26-24(31)18-9-8-14-25-15-18/h3-15H,2,16-17H2,1H3,(H,26,31). The predicted molar refractivity (Wildman–Crippen MR) is 120 cm³/mol. The van der Waals surface area contributed by atoms with Crippen LogP contribution in [-0.4, -0.2) is 32.9 Å². The van der Waals surface area contributed by atoms with Crippen LogP contribution in [0.1, 0.15) is 23.1 Å². The lowest BCUT2D eigenvalue weighted by molar-refractivity contribution is -0.119. The van der Waals surface area contributed by atoms with Gasteiger partial charge in [0.05, 0.1) is 23.1 Å². The van der Waals surface area contributed by atoms with Gasteiger partial charge < -0.3 is 14.8 Å². The number of para-hydroxylation sites is 3. The largest absolute Gasteiger partial charge is 0.345 e. The van der Waals surface area contributed by atoms with Crippen LogP contribution in [0.15, 0.2) is 79.1 Å². The van der Waals surface area contributed by atoms with E-state index in [2.05, 4.69) is 15.3 Å². The van der Waals surface area contributed by atoms with Gasteiger partial charge in [0.25, 0.3) is 5.91 Å². The van der Waals surface area contributed by atoms with Crippen molar-refractivity contribution in [2.45, 2.75) is 20.0 Å². The van der Waals surface area contributed by atoms with E-state index in [9.17, 15) is 9.59 Å². The molecule has 0 aliphatic heterocycles. The van der Waals surface area contributed by atoms with E-state index >= 15 is 0 Å². The Balaban J connectivity index is 1.59. The summed E-state index contributed by atoms with van der Waals surface area (Å²) in [6, 6.07) is 20.7. The molecule has 2 aromatic carbocycles. The van der Waals surface area contributed by atoms with Gasteiger partial charge in [-0.15, -0.1) is 0 Å². The molecule has 2 amide bonds. The maximum absolute atomic E-state index is 13.2. The van der Waals surface area contributed by atoms with E-state index in [1.54, 1.807) is 23.2 Å². The summed E-state index contributed by atoms with van der Waals surface area (Å²) in [6.07, 6.45) is 3.13. The first-order valence-corrected chi connectivity index (χ1v) is 10.1. The number of amides is 2. The summed E-state index contributed by atoms with van der Waals surface area (Å²) in [5.74, 6) is 0.338. The molecule has 4 rings (SSSR count). The van der Waals surface area contributed by atoms with E-state index in [-0.39, 0.29) is 24.9 Å². The van der Waals surface area contributed by atoms with Gasteiger partial charge in [0, 0.05) is 24.6 Å². The van der Waals surface area contributed by atoms with Crippen LogP contribution in [0.3, 0.4) is 0 Å². The first-order chi connectivity index (χ1) is 15.2. The maximum atomic E-state index is 13.2. The van der Waals surface area contributed by atoms with Crippen LogP contribution in [0.5, 0.6) is 0 Å². The zero-order valence-corrected chi connectivity index (χ0v) is 17.2. The number of pyridine rings is 1. The Labute approximate surface area is 180 Å². The summed E-state index contributed by atoms with van der Waals surface area (Å²) >= 11 is 0. The summed E-state index contributed by atoms with van der Waals surface area (Å²) in [6.45, 7) is 2.84. The van der Waals surface area contributed by atoms with Gasteiger partial charge in [-0.1, -0.05) is 30.3 Å². The maximum Gasteiger partial charge on any atom is 0.253 e. The molecular weight excluding hydrogens is 390 g/mol. The Morgan fingerprint density at radius 2 is 1.77 bits per heavy atom. The first-order valence-electron chi connectivity index (χ1n) is 10.1. The third-order valence-electron chi connectivity index (χ3n) is 5.04. The van der Waals surface area contributed by atoms with Crippen LogP contribution in [-0.2, 0) is 17.9 Å². The Hall–Kier alpha value is -4.00. The molecule has 0 radical (unpaired) electrons. The van der Waals surface area contributed by atoms with Gasteiger partial charge in [0.1, 0.15) is 12.4 Å². The van der Waals surface area contributed by atoms with E-state index in [1.807, 2.05) is 66.1 Å². The highest BCUT2D eigenvalue weighted by Crippen LogP contribution is 2.19. The number of aromatic nitrogens is 3. The molecule has 7 heteroatoms. The lowest BCUT2D eigenvalue weighted by atomic mass is 10.2. The van der Waals surface area contributed by atoms with E-state index in [4.69, 9.17) is 0 Å². The van der Waals surface area contributed by atoms with Gasteiger partial charge in [-0.25, -0.2) is 4.98 Å². The molecule has 0 fully saturated rings. The van der Waals surface area contributed by atoms with Crippen molar-refractivity contribution in [3.05, 3.63) is 90.5 Å². The molecule has 0 atom stereocenters. The zero-order chi connectivity index (χ0) is 21.6. The minimum Gasteiger partial charge on any atom is -0.345 e. The molecular formula is C24H23N5O2. The lowest BCUT2D eigenvalue weighted by Crippen LogP contribution is -2.34. The van der Waals surface area contributed by atoms with Crippen LogP contribution < -0.4 is 10.2 Å². The molecule has 0 spiro atoms. The van der Waals surface area contributed by atoms with Crippen LogP contribution in [0.25, 0.3) is 11.0 Å². The fourth-order valence-corrected chi connectivity index (χ4v) is 3.53. The normalized spacial score (nSPS) is 10.7. The van der Waals surface area contributed by atoms with Crippen LogP contribution in [0, 0.1) is 0 Å². The number of rotatable bonds is 7. The predicted octanol–water partition coefficient (Wildman–Crippen LogP) is 3.41. The molecule has 0 unspecified atom stereocenters. The molecule has 7 nitrogen and oxygen atoms in total. The van der Waals surface area contributed by atoms with Gasteiger partial charge in [-0.05, 0) is 43.3 Å². The van der Waals surface area contributed by atoms with Gasteiger partial charge in [-0.3, -0.25) is 14.6 Å². The Bertz CT molecular complexity index is 1190. The molecule has 156 valence electrons. The molecule has 0 saturated carbocycles. The summed E-state index contributed by atoms with van der Waals surface area (Å²) < 4.78 is 1.87. The second-order valence-corrected chi connectivity index (χ2v) is 7.00. The van der Waals surface area contributed by atoms with Crippen molar-refractivity contribution in [2.24, 2.45) is 0 Å². The first kappa shape index (κ1) is 20.3. The van der Waals surface area contributed by atoms with Crippen molar-refractivity contribution in [1.82, 2.24) is 19.9 Å². The number of likely N-dealkylation sites (N-methyl/N-ethyl adjacent to an activating group) is 1. The Kier molecular flexibility index (Phi) is 6.03. The molecule has 0 bridgehead atoms. The van der Waals surface area contributed by atoms with Crippen molar-refractivity contribution in [3.8, 4) is 0 Å². The summed E-state index contributed by atoms with van der Waals surface area (Å²) in [5, 5.41) is 2.88. The third kappa shape index (κ3) is 4.45. The van der Waals surface area contributed by atoms with Crippen LogP contribution in [0.2, 0.25) is 0 Å². The average Bonchev–Trinajstić information content (AvgIpc) is 3.16. The number of carbonyl (C=O) groups is 2. The zero-order valence-electron chi connectivity index (χ0n) is 17.2. The van der Waals surface area contributed by atoms with Crippen molar-refractivity contribution in [1.29, 1.82) is 0 Å². The number of imidazole rings is 1. The number of benzene rings is 2. The Morgan fingerprint density at radius 1 is 1.00 bits per heavy atom. The number of carbonyl (C=O) groups excluding carboxylic acids is 2. The molecule has 4 aromatic rings. The topological polar surface area (TPSA) is 80.1 Å². The van der Waals surface area contributed by atoms with Crippen molar-refractivity contribution < 1.29 is 9.59 Å². The van der Waals surface area contributed by atoms with Gasteiger partial charge in [0.2, 0.25) is 5.91 Å². The number of nitrogens with zero attached hydrogens (tertiary/aromatic N) is 4. The minimum absolute atomic E-state index is 0.0447. The molecule has 0 saturated heterocycles. The molecule has 0 aliphatic carbocycles. The smallest absolute Gasteiger partial charge is 0.253 e. The van der Waals surface area contributed by atoms with Gasteiger partial charge >= 0.3 is 0 Å². The molecule has 0 aliphatic rings. The van der Waals surface area contributed by atoms with Crippen molar-refractivity contribution >= 4 is 28.5 Å². The van der Waals surface area contributed by atoms with E-state index in [1.165, 1.54) is 6.20 Å². The van der Waals surface area contributed by atoms with Crippen molar-refractivity contribution in [3.63, 3.8) is 0 Å². The van der Waals surface area contributed by atoms with Crippen LogP contribution >= 0.6 is 0 Å². The second kappa shape index (κ2) is 9.21. The summed E-state index contributed by atoms with van der Waals surface area (Å²) in [4.78, 5) is 36.0. The molecule has 2 heterocycles. The van der Waals surface area contributed by atoms with Gasteiger partial charge in [-0.2, -0.15) is 0 Å². The molecule has 2 aromatic heterocycles. The lowest BCUT2D eigenvalue weighted by Gasteiger charge is -2.22. The quantitative estimate of drug-likeness (QED) is 0.504. The van der Waals surface area contributed by atoms with Gasteiger partial charge in [0.15, 0.2) is 0 Å². The van der Waals surface area contributed by atoms with E-state index < -0.39 is 0 Å². The SMILES string of the molecule is CCN(C(=O)Cn1c(CNC(=O)c2cccnc2)nc2ccccc21)c1ccccc1. The fourth-order valence-electron chi connectivity index (χ4n) is 3.53. The number of hydrogen-bond acceptors (Lipinski definition) is 4. The average molecular weight is 413 g/mol. The van der Waals surface area contributed by atoms with Crippen molar-refractivity contribution in [2.75, 3.05) is 11.4 Å². The number of hydrogen-bond donors (Lipinski definition) is 1. The number of nitrogens with one attached hydrogen (secondary N) is 1. The highest BCUT2D eigenvalue weighted by atomic mass is 16.2. The van der Waals surface area contributed by atoms with E-state index in [0.29, 0.717) is 17.9 Å². The monoisotopic (exact) mass is 413 g/mol. The van der Waals surface area contributed by atoms with E-state index in [0.717, 1.165) is 16.7 Å². The molecule has 1 N–H and O–H groups in total. The highest BCUT2D eigenvalue weighted by molar-refractivity contribution is 5.95. The third-order valence-corrected chi connectivity index (χ3v) is 5.04. The summed E-state index contributed by atoms with van der Waals surface area (Å²) in [5.41, 5.74) is 2.96. The number of anilines is 1. The minimum atomic E-state index is -0.238. The van der Waals surface area contributed by atoms with Crippen LogP contribution in [0.4, 0.5) is 5.69 Å². The highest BCUT2D eigenvalue weighted by Gasteiger charge is 2.19. The molecule has 31 heavy (non-hydrogen) atoms. The number of fused-ring (bicyclic) bond motifs is 1.